The lowest BCUT2D eigenvalue weighted by Gasteiger charge is -2.06. The van der Waals surface area contributed by atoms with E-state index in [0.29, 0.717) is 0 Å². The number of rotatable bonds is 6. The van der Waals surface area contributed by atoms with Crippen LogP contribution in [0, 0.1) is 0 Å². The molecule has 1 rings (SSSR count). The lowest BCUT2D eigenvalue weighted by atomic mass is 10.2. The summed E-state index contributed by atoms with van der Waals surface area (Å²) in [5.41, 5.74) is 0. The zero-order valence-corrected chi connectivity index (χ0v) is 8.98. The van der Waals surface area contributed by atoms with E-state index in [2.05, 4.69) is 0 Å². The Morgan fingerprint density at radius 2 is 2.31 bits per heavy atom. The summed E-state index contributed by atoms with van der Waals surface area (Å²) < 4.78 is 0. The minimum atomic E-state index is -0.328. The maximum absolute atomic E-state index is 9.64. The first kappa shape index (κ1) is 11.0. The van der Waals surface area contributed by atoms with Gasteiger partial charge in [0.2, 0.25) is 0 Å². The molecule has 0 amide bonds. The monoisotopic (exact) mass is 218 g/mol. The van der Waals surface area contributed by atoms with E-state index in [4.69, 9.17) is 5.11 Å². The van der Waals surface area contributed by atoms with Crippen LogP contribution in [0.4, 0.5) is 0 Å². The first-order valence-electron chi connectivity index (χ1n) is 4.24. The predicted octanol–water partition coefficient (Wildman–Crippen LogP) is 1.90. The Morgan fingerprint density at radius 1 is 1.46 bits per heavy atom. The van der Waals surface area contributed by atoms with Crippen LogP contribution in [-0.4, -0.2) is 28.3 Å². The first-order chi connectivity index (χ1) is 6.34. The second kappa shape index (κ2) is 6.43. The second-order valence-corrected chi connectivity index (χ2v) is 4.86. The number of hydrogen-bond donors (Lipinski definition) is 2. The fraction of sp³-hybridized carbons (Fsp3) is 0.556. The van der Waals surface area contributed by atoms with E-state index < -0.39 is 0 Å². The Balaban J connectivity index is 2.15. The molecule has 1 unspecified atom stereocenters. The minimum Gasteiger partial charge on any atom is -0.396 e. The van der Waals surface area contributed by atoms with Crippen molar-refractivity contribution in [2.75, 3.05) is 18.1 Å². The molecule has 1 atom stereocenters. The molecular formula is C9H14O2S2. The zero-order chi connectivity index (χ0) is 9.52. The van der Waals surface area contributed by atoms with Gasteiger partial charge in [0.1, 0.15) is 0 Å². The number of aliphatic hydroxyl groups is 2. The van der Waals surface area contributed by atoms with Gasteiger partial charge < -0.3 is 10.2 Å². The largest absolute Gasteiger partial charge is 0.396 e. The van der Waals surface area contributed by atoms with Gasteiger partial charge in [0.25, 0.3) is 0 Å². The lowest BCUT2D eigenvalue weighted by Crippen LogP contribution is -1.97. The standard InChI is InChI=1S/C9H14O2S2/c10-4-7-12-6-3-8(11)9-2-1-5-13-9/h1-2,5,8,10-11H,3-4,6-7H2. The van der Waals surface area contributed by atoms with Crippen molar-refractivity contribution < 1.29 is 10.2 Å². The first-order valence-corrected chi connectivity index (χ1v) is 6.28. The van der Waals surface area contributed by atoms with Crippen molar-refractivity contribution in [3.8, 4) is 0 Å². The van der Waals surface area contributed by atoms with Crippen LogP contribution in [0.1, 0.15) is 17.4 Å². The van der Waals surface area contributed by atoms with E-state index in [0.717, 1.165) is 22.8 Å². The Labute approximate surface area is 86.6 Å². The summed E-state index contributed by atoms with van der Waals surface area (Å²) in [5.74, 6) is 1.66. The van der Waals surface area contributed by atoms with Gasteiger partial charge in [0.05, 0.1) is 12.7 Å². The van der Waals surface area contributed by atoms with Crippen molar-refractivity contribution in [2.24, 2.45) is 0 Å². The number of thioether (sulfide) groups is 1. The molecule has 0 spiro atoms. The van der Waals surface area contributed by atoms with Crippen molar-refractivity contribution >= 4 is 23.1 Å². The molecule has 13 heavy (non-hydrogen) atoms. The van der Waals surface area contributed by atoms with Crippen LogP contribution in [-0.2, 0) is 0 Å². The maximum atomic E-state index is 9.64. The molecule has 1 heterocycles. The highest BCUT2D eigenvalue weighted by Crippen LogP contribution is 2.22. The van der Waals surface area contributed by atoms with E-state index in [9.17, 15) is 5.11 Å². The SMILES string of the molecule is OCCSCCC(O)c1cccs1. The summed E-state index contributed by atoms with van der Waals surface area (Å²) >= 11 is 3.26. The minimum absolute atomic E-state index is 0.222. The molecule has 2 N–H and O–H groups in total. The average molecular weight is 218 g/mol. The number of aliphatic hydroxyl groups excluding tert-OH is 2. The van der Waals surface area contributed by atoms with E-state index in [-0.39, 0.29) is 12.7 Å². The van der Waals surface area contributed by atoms with E-state index in [1.165, 1.54) is 0 Å². The molecule has 0 aliphatic rings. The van der Waals surface area contributed by atoms with Crippen LogP contribution >= 0.6 is 23.1 Å². The van der Waals surface area contributed by atoms with Gasteiger partial charge in [0.15, 0.2) is 0 Å². The van der Waals surface area contributed by atoms with Crippen LogP contribution in [0.3, 0.4) is 0 Å². The average Bonchev–Trinajstić information content (AvgIpc) is 2.65. The highest BCUT2D eigenvalue weighted by molar-refractivity contribution is 7.99. The molecule has 0 bridgehead atoms. The molecule has 0 saturated heterocycles. The molecule has 2 nitrogen and oxygen atoms in total. The van der Waals surface area contributed by atoms with Gasteiger partial charge in [-0.3, -0.25) is 0 Å². The van der Waals surface area contributed by atoms with Crippen LogP contribution < -0.4 is 0 Å². The molecule has 74 valence electrons. The third kappa shape index (κ3) is 4.13. The van der Waals surface area contributed by atoms with Gasteiger partial charge in [-0.15, -0.1) is 11.3 Å². The highest BCUT2D eigenvalue weighted by Gasteiger charge is 2.07. The van der Waals surface area contributed by atoms with Crippen LogP contribution in [0.5, 0.6) is 0 Å². The highest BCUT2D eigenvalue weighted by atomic mass is 32.2. The summed E-state index contributed by atoms with van der Waals surface area (Å²) in [5, 5.41) is 20.1. The van der Waals surface area contributed by atoms with E-state index in [1.54, 1.807) is 23.1 Å². The van der Waals surface area contributed by atoms with Crippen molar-refractivity contribution in [3.63, 3.8) is 0 Å². The maximum Gasteiger partial charge on any atom is 0.0889 e. The van der Waals surface area contributed by atoms with Crippen molar-refractivity contribution in [3.05, 3.63) is 22.4 Å². The fourth-order valence-corrected chi connectivity index (χ4v) is 2.45. The van der Waals surface area contributed by atoms with Crippen LogP contribution in [0.2, 0.25) is 0 Å². The normalized spacial score (nSPS) is 13.1. The van der Waals surface area contributed by atoms with Gasteiger partial charge in [-0.2, -0.15) is 11.8 Å². The summed E-state index contributed by atoms with van der Waals surface area (Å²) in [6.45, 7) is 0.222. The Morgan fingerprint density at radius 3 is 2.92 bits per heavy atom. The predicted molar refractivity (Wildman–Crippen MR) is 58.3 cm³/mol. The van der Waals surface area contributed by atoms with Gasteiger partial charge in [0, 0.05) is 10.6 Å². The summed E-state index contributed by atoms with van der Waals surface area (Å²) in [7, 11) is 0. The quantitative estimate of drug-likeness (QED) is 0.716. The third-order valence-corrected chi connectivity index (χ3v) is 3.61. The lowest BCUT2D eigenvalue weighted by molar-refractivity contribution is 0.179. The van der Waals surface area contributed by atoms with E-state index >= 15 is 0 Å². The van der Waals surface area contributed by atoms with Gasteiger partial charge in [-0.05, 0) is 23.6 Å². The van der Waals surface area contributed by atoms with Crippen molar-refractivity contribution in [1.29, 1.82) is 0 Å². The third-order valence-electron chi connectivity index (χ3n) is 1.64. The van der Waals surface area contributed by atoms with Gasteiger partial charge >= 0.3 is 0 Å². The second-order valence-electron chi connectivity index (χ2n) is 2.66. The smallest absolute Gasteiger partial charge is 0.0889 e. The zero-order valence-electron chi connectivity index (χ0n) is 7.35. The molecule has 0 fully saturated rings. The Bertz CT molecular complexity index is 211. The van der Waals surface area contributed by atoms with Gasteiger partial charge in [-0.25, -0.2) is 0 Å². The fourth-order valence-electron chi connectivity index (χ4n) is 0.985. The molecule has 0 aliphatic carbocycles. The summed E-state index contributed by atoms with van der Waals surface area (Å²) in [6, 6.07) is 3.90. The molecule has 0 aromatic carbocycles. The van der Waals surface area contributed by atoms with Crippen LogP contribution in [0.15, 0.2) is 17.5 Å². The van der Waals surface area contributed by atoms with Crippen LogP contribution in [0.25, 0.3) is 0 Å². The topological polar surface area (TPSA) is 40.5 Å². The van der Waals surface area contributed by atoms with Crippen molar-refractivity contribution in [1.82, 2.24) is 0 Å². The molecule has 0 aliphatic heterocycles. The molecule has 1 aromatic heterocycles. The molecule has 1 aromatic rings. The summed E-state index contributed by atoms with van der Waals surface area (Å²) in [4.78, 5) is 1.03. The van der Waals surface area contributed by atoms with Gasteiger partial charge in [-0.1, -0.05) is 6.07 Å². The number of hydrogen-bond acceptors (Lipinski definition) is 4. The molecule has 4 heteroatoms. The Hall–Kier alpha value is -0.0300. The van der Waals surface area contributed by atoms with Crippen molar-refractivity contribution in [2.45, 2.75) is 12.5 Å². The molecular weight excluding hydrogens is 204 g/mol. The Kier molecular flexibility index (Phi) is 5.46. The number of thiophene rings is 1. The summed E-state index contributed by atoms with van der Waals surface area (Å²) in [6.07, 6.45) is 0.441. The molecule has 0 radical (unpaired) electrons. The molecule has 0 saturated carbocycles. The van der Waals surface area contributed by atoms with E-state index in [1.807, 2.05) is 17.5 Å².